The second-order valence-electron chi connectivity index (χ2n) is 5.72. The number of fused-ring (bicyclic) bond motifs is 1. The quantitative estimate of drug-likeness (QED) is 0.583. The van der Waals surface area contributed by atoms with E-state index in [9.17, 15) is 4.79 Å². The van der Waals surface area contributed by atoms with Crippen LogP contribution in [-0.2, 0) is 4.79 Å². The average Bonchev–Trinajstić information content (AvgIpc) is 2.18. The highest BCUT2D eigenvalue weighted by molar-refractivity contribution is 5.62. The molecule has 0 aliphatic heterocycles. The molecule has 0 aromatic rings. The van der Waals surface area contributed by atoms with Crippen molar-refractivity contribution in [2.45, 2.75) is 58.8 Å². The van der Waals surface area contributed by atoms with Crippen LogP contribution in [0.25, 0.3) is 0 Å². The summed E-state index contributed by atoms with van der Waals surface area (Å²) in [5.41, 5.74) is 0.355. The molecule has 0 saturated heterocycles. The van der Waals surface area contributed by atoms with Gasteiger partial charge in [0.25, 0.3) is 0 Å². The Morgan fingerprint density at radius 2 is 1.79 bits per heavy atom. The van der Waals surface area contributed by atoms with Crippen LogP contribution in [0.4, 0.5) is 0 Å². The summed E-state index contributed by atoms with van der Waals surface area (Å²) in [6.45, 7) is 4.65. The molecule has 0 radical (unpaired) electrons. The fourth-order valence-corrected chi connectivity index (χ4v) is 4.04. The molecule has 2 saturated carbocycles. The van der Waals surface area contributed by atoms with E-state index in [1.807, 2.05) is 0 Å². The van der Waals surface area contributed by atoms with Crippen molar-refractivity contribution in [1.82, 2.24) is 0 Å². The summed E-state index contributed by atoms with van der Waals surface area (Å²) in [4.78, 5) is 11.5. The number of carbonyl (C=O) groups is 1. The molecular weight excluding hydrogens is 172 g/mol. The standard InChI is InChI=1S/C13H22O/c1-11-6-5-8-12(2)7-3-4-9-13(11,12)10-14/h10-11H,3-9H2,1-2H3. The van der Waals surface area contributed by atoms with Crippen molar-refractivity contribution in [3.8, 4) is 0 Å². The van der Waals surface area contributed by atoms with Crippen LogP contribution in [0.15, 0.2) is 0 Å². The highest BCUT2D eigenvalue weighted by atomic mass is 16.1. The van der Waals surface area contributed by atoms with Crippen LogP contribution >= 0.6 is 0 Å². The van der Waals surface area contributed by atoms with Crippen molar-refractivity contribution in [1.29, 1.82) is 0 Å². The molecule has 0 amide bonds. The van der Waals surface area contributed by atoms with Crippen LogP contribution in [-0.4, -0.2) is 6.29 Å². The van der Waals surface area contributed by atoms with Crippen LogP contribution in [0.3, 0.4) is 0 Å². The van der Waals surface area contributed by atoms with E-state index in [0.717, 1.165) is 6.42 Å². The number of carbonyl (C=O) groups excluding carboxylic acids is 1. The highest BCUT2D eigenvalue weighted by Gasteiger charge is 2.54. The first-order valence-corrected chi connectivity index (χ1v) is 6.11. The van der Waals surface area contributed by atoms with E-state index in [2.05, 4.69) is 13.8 Å². The third kappa shape index (κ3) is 1.17. The van der Waals surface area contributed by atoms with E-state index >= 15 is 0 Å². The van der Waals surface area contributed by atoms with Gasteiger partial charge in [-0.1, -0.05) is 33.1 Å². The first kappa shape index (κ1) is 10.2. The molecule has 1 heteroatoms. The fourth-order valence-electron chi connectivity index (χ4n) is 4.04. The molecule has 2 aliphatic carbocycles. The predicted octanol–water partition coefficient (Wildman–Crippen LogP) is 3.57. The summed E-state index contributed by atoms with van der Waals surface area (Å²) in [7, 11) is 0. The van der Waals surface area contributed by atoms with Gasteiger partial charge in [0.15, 0.2) is 0 Å². The van der Waals surface area contributed by atoms with E-state index < -0.39 is 0 Å². The van der Waals surface area contributed by atoms with Gasteiger partial charge in [0.1, 0.15) is 6.29 Å². The minimum absolute atomic E-state index is 0.0312. The smallest absolute Gasteiger partial charge is 0.126 e. The summed E-state index contributed by atoms with van der Waals surface area (Å²) in [6.07, 6.45) is 10.2. The van der Waals surface area contributed by atoms with Gasteiger partial charge in [-0.2, -0.15) is 0 Å². The summed E-state index contributed by atoms with van der Waals surface area (Å²) in [5, 5.41) is 0. The van der Waals surface area contributed by atoms with Gasteiger partial charge in [-0.25, -0.2) is 0 Å². The van der Waals surface area contributed by atoms with Gasteiger partial charge < -0.3 is 4.79 Å². The van der Waals surface area contributed by atoms with Crippen LogP contribution in [0, 0.1) is 16.7 Å². The molecule has 2 fully saturated rings. The van der Waals surface area contributed by atoms with Gasteiger partial charge in [0, 0.05) is 5.41 Å². The number of rotatable bonds is 1. The minimum atomic E-state index is 0.0312. The molecule has 2 aliphatic rings. The molecule has 3 atom stereocenters. The maximum atomic E-state index is 11.5. The number of hydrogen-bond acceptors (Lipinski definition) is 1. The Bertz CT molecular complexity index is 231. The van der Waals surface area contributed by atoms with Gasteiger partial charge in [0.2, 0.25) is 0 Å². The van der Waals surface area contributed by atoms with E-state index in [1.165, 1.54) is 44.8 Å². The molecule has 2 rings (SSSR count). The maximum absolute atomic E-state index is 11.5. The molecule has 0 aromatic heterocycles. The maximum Gasteiger partial charge on any atom is 0.126 e. The Kier molecular flexibility index (Phi) is 2.45. The van der Waals surface area contributed by atoms with E-state index in [0.29, 0.717) is 11.3 Å². The summed E-state index contributed by atoms with van der Waals surface area (Å²) in [6, 6.07) is 0. The summed E-state index contributed by atoms with van der Waals surface area (Å²) >= 11 is 0. The van der Waals surface area contributed by atoms with Crippen molar-refractivity contribution < 1.29 is 4.79 Å². The van der Waals surface area contributed by atoms with Crippen molar-refractivity contribution in [3.05, 3.63) is 0 Å². The largest absolute Gasteiger partial charge is 0.303 e. The zero-order chi connectivity index (χ0) is 10.2. The molecule has 0 spiro atoms. The molecule has 1 nitrogen and oxygen atoms in total. The lowest BCUT2D eigenvalue weighted by Gasteiger charge is -2.55. The first-order chi connectivity index (χ1) is 6.65. The third-order valence-corrected chi connectivity index (χ3v) is 5.15. The predicted molar refractivity (Wildman–Crippen MR) is 58.1 cm³/mol. The molecule has 80 valence electrons. The van der Waals surface area contributed by atoms with Crippen LogP contribution in [0.2, 0.25) is 0 Å². The molecule has 0 N–H and O–H groups in total. The topological polar surface area (TPSA) is 17.1 Å². The van der Waals surface area contributed by atoms with E-state index in [-0.39, 0.29) is 5.41 Å². The number of aldehydes is 1. The zero-order valence-corrected chi connectivity index (χ0v) is 9.51. The van der Waals surface area contributed by atoms with Gasteiger partial charge in [-0.15, -0.1) is 0 Å². The molecule has 0 bridgehead atoms. The molecule has 0 aromatic carbocycles. The van der Waals surface area contributed by atoms with E-state index in [1.54, 1.807) is 0 Å². The summed E-state index contributed by atoms with van der Waals surface area (Å²) in [5.74, 6) is 0.610. The molecular formula is C13H22O. The lowest BCUT2D eigenvalue weighted by atomic mass is 9.48. The molecule has 3 unspecified atom stereocenters. The van der Waals surface area contributed by atoms with Crippen LogP contribution in [0.5, 0.6) is 0 Å². The Balaban J connectivity index is 2.36. The Hall–Kier alpha value is -0.330. The third-order valence-electron chi connectivity index (χ3n) is 5.15. The van der Waals surface area contributed by atoms with Gasteiger partial charge in [0.05, 0.1) is 0 Å². The fraction of sp³-hybridized carbons (Fsp3) is 0.923. The zero-order valence-electron chi connectivity index (χ0n) is 9.51. The van der Waals surface area contributed by atoms with Crippen LogP contribution in [0.1, 0.15) is 58.8 Å². The minimum Gasteiger partial charge on any atom is -0.303 e. The first-order valence-electron chi connectivity index (χ1n) is 6.11. The molecule has 0 heterocycles. The lowest BCUT2D eigenvalue weighted by Crippen LogP contribution is -2.50. The van der Waals surface area contributed by atoms with Crippen LogP contribution < -0.4 is 0 Å². The second-order valence-corrected chi connectivity index (χ2v) is 5.72. The number of hydrogen-bond donors (Lipinski definition) is 0. The van der Waals surface area contributed by atoms with Gasteiger partial charge in [-0.3, -0.25) is 0 Å². The van der Waals surface area contributed by atoms with Gasteiger partial charge in [-0.05, 0) is 37.0 Å². The lowest BCUT2D eigenvalue weighted by molar-refractivity contribution is -0.139. The highest BCUT2D eigenvalue weighted by Crippen LogP contribution is 2.59. The van der Waals surface area contributed by atoms with Crippen molar-refractivity contribution >= 4 is 6.29 Å². The normalized spacial score (nSPS) is 48.3. The van der Waals surface area contributed by atoms with Crippen molar-refractivity contribution in [3.63, 3.8) is 0 Å². The van der Waals surface area contributed by atoms with Crippen molar-refractivity contribution in [2.24, 2.45) is 16.7 Å². The molecule has 14 heavy (non-hydrogen) atoms. The Morgan fingerprint density at radius 3 is 2.43 bits per heavy atom. The summed E-state index contributed by atoms with van der Waals surface area (Å²) < 4.78 is 0. The van der Waals surface area contributed by atoms with Gasteiger partial charge >= 0.3 is 0 Å². The second kappa shape index (κ2) is 3.36. The van der Waals surface area contributed by atoms with Crippen molar-refractivity contribution in [2.75, 3.05) is 0 Å². The SMILES string of the molecule is CC1CCCC2(C)CCCCC12C=O. The van der Waals surface area contributed by atoms with E-state index in [4.69, 9.17) is 0 Å². The Morgan fingerprint density at radius 1 is 1.14 bits per heavy atom. The average molecular weight is 194 g/mol. The monoisotopic (exact) mass is 194 g/mol. The Labute approximate surface area is 87.3 Å².